The standard InChI is InChI=1S/C25H32N2O3S/c1-4-18(3)27(25(29)19-7-8-19)15-24(28)26-13-11-23-21(12-14-31-23)22(26)16-30-20-9-5-17(2)6-10-20/h5-6,9-10,12,14,18-19,22H,4,7-8,11,13,15-16H2,1-3H3. The maximum atomic E-state index is 13.5. The highest BCUT2D eigenvalue weighted by molar-refractivity contribution is 7.10. The summed E-state index contributed by atoms with van der Waals surface area (Å²) in [5.41, 5.74) is 2.37. The molecule has 1 aromatic carbocycles. The molecule has 2 heterocycles. The van der Waals surface area contributed by atoms with Gasteiger partial charge in [0, 0.05) is 23.4 Å². The number of fused-ring (bicyclic) bond motifs is 1. The van der Waals surface area contributed by atoms with Crippen LogP contribution in [0.2, 0.25) is 0 Å². The molecule has 31 heavy (non-hydrogen) atoms. The molecule has 0 bridgehead atoms. The Labute approximate surface area is 189 Å². The Kier molecular flexibility index (Phi) is 6.65. The van der Waals surface area contributed by atoms with E-state index in [1.54, 1.807) is 16.2 Å². The van der Waals surface area contributed by atoms with Gasteiger partial charge in [-0.15, -0.1) is 11.3 Å². The van der Waals surface area contributed by atoms with Crippen molar-refractivity contribution in [1.29, 1.82) is 0 Å². The van der Waals surface area contributed by atoms with Crippen molar-refractivity contribution in [3.8, 4) is 5.75 Å². The quantitative estimate of drug-likeness (QED) is 0.603. The van der Waals surface area contributed by atoms with E-state index in [4.69, 9.17) is 4.74 Å². The number of hydrogen-bond donors (Lipinski definition) is 0. The van der Waals surface area contributed by atoms with E-state index in [0.29, 0.717) is 13.2 Å². The SMILES string of the molecule is CCC(C)N(CC(=O)N1CCc2sccc2C1COc1ccc(C)cc1)C(=O)C1CC1. The van der Waals surface area contributed by atoms with Gasteiger partial charge < -0.3 is 14.5 Å². The monoisotopic (exact) mass is 440 g/mol. The minimum Gasteiger partial charge on any atom is -0.491 e. The fraction of sp³-hybridized carbons (Fsp3) is 0.520. The number of carbonyl (C=O) groups excluding carboxylic acids is 2. The van der Waals surface area contributed by atoms with Crippen LogP contribution in [-0.2, 0) is 16.0 Å². The molecule has 4 rings (SSSR count). The third-order valence-electron chi connectivity index (χ3n) is 6.48. The lowest BCUT2D eigenvalue weighted by Gasteiger charge is -2.38. The number of thiophene rings is 1. The van der Waals surface area contributed by atoms with E-state index >= 15 is 0 Å². The van der Waals surface area contributed by atoms with Gasteiger partial charge in [0.25, 0.3) is 0 Å². The van der Waals surface area contributed by atoms with Crippen molar-refractivity contribution in [2.24, 2.45) is 5.92 Å². The van der Waals surface area contributed by atoms with E-state index in [0.717, 1.165) is 31.4 Å². The van der Waals surface area contributed by atoms with Crippen LogP contribution in [0.5, 0.6) is 5.75 Å². The van der Waals surface area contributed by atoms with E-state index in [1.807, 2.05) is 36.1 Å². The fourth-order valence-corrected chi connectivity index (χ4v) is 5.09. The molecule has 0 spiro atoms. The van der Waals surface area contributed by atoms with Gasteiger partial charge in [0.1, 0.15) is 18.9 Å². The third kappa shape index (κ3) is 4.95. The lowest BCUT2D eigenvalue weighted by molar-refractivity contribution is -0.145. The lowest BCUT2D eigenvalue weighted by Crippen LogP contribution is -2.50. The summed E-state index contributed by atoms with van der Waals surface area (Å²) in [5, 5.41) is 2.10. The summed E-state index contributed by atoms with van der Waals surface area (Å²) in [6, 6.07) is 10.1. The Balaban J connectivity index is 1.50. The summed E-state index contributed by atoms with van der Waals surface area (Å²) in [5.74, 6) is 1.09. The Morgan fingerprint density at radius 2 is 1.97 bits per heavy atom. The summed E-state index contributed by atoms with van der Waals surface area (Å²) in [7, 11) is 0. The molecule has 1 aliphatic carbocycles. The number of nitrogens with zero attached hydrogens (tertiary/aromatic N) is 2. The molecule has 166 valence electrons. The van der Waals surface area contributed by atoms with E-state index in [-0.39, 0.29) is 36.4 Å². The Bertz CT molecular complexity index is 919. The van der Waals surface area contributed by atoms with Crippen molar-refractivity contribution in [1.82, 2.24) is 9.80 Å². The Morgan fingerprint density at radius 1 is 1.23 bits per heavy atom. The molecular weight excluding hydrogens is 408 g/mol. The van der Waals surface area contributed by atoms with Crippen molar-refractivity contribution in [3.63, 3.8) is 0 Å². The summed E-state index contributed by atoms with van der Waals surface area (Å²) in [6.45, 7) is 7.40. The number of carbonyl (C=O) groups is 2. The van der Waals surface area contributed by atoms with E-state index < -0.39 is 0 Å². The third-order valence-corrected chi connectivity index (χ3v) is 7.48. The number of ether oxygens (including phenoxy) is 1. The van der Waals surface area contributed by atoms with E-state index in [9.17, 15) is 9.59 Å². The average molecular weight is 441 g/mol. The summed E-state index contributed by atoms with van der Waals surface area (Å²) in [6.07, 6.45) is 3.62. The highest BCUT2D eigenvalue weighted by atomic mass is 32.1. The highest BCUT2D eigenvalue weighted by Crippen LogP contribution is 2.35. The Morgan fingerprint density at radius 3 is 2.65 bits per heavy atom. The molecule has 2 atom stereocenters. The molecule has 0 N–H and O–H groups in total. The van der Waals surface area contributed by atoms with Gasteiger partial charge in [-0.3, -0.25) is 9.59 Å². The fourth-order valence-electron chi connectivity index (χ4n) is 4.16. The topological polar surface area (TPSA) is 49.9 Å². The predicted molar refractivity (Wildman–Crippen MR) is 123 cm³/mol. The number of aryl methyl sites for hydroxylation is 1. The van der Waals surface area contributed by atoms with Gasteiger partial charge in [0.2, 0.25) is 11.8 Å². The largest absolute Gasteiger partial charge is 0.491 e. The van der Waals surface area contributed by atoms with Crippen LogP contribution in [0.1, 0.15) is 55.2 Å². The number of benzene rings is 1. The molecule has 1 aromatic heterocycles. The van der Waals surface area contributed by atoms with Crippen LogP contribution in [-0.4, -0.2) is 47.4 Å². The van der Waals surface area contributed by atoms with Crippen LogP contribution in [0.25, 0.3) is 0 Å². The summed E-state index contributed by atoms with van der Waals surface area (Å²) in [4.78, 5) is 31.4. The van der Waals surface area contributed by atoms with Crippen LogP contribution in [0.4, 0.5) is 0 Å². The smallest absolute Gasteiger partial charge is 0.242 e. The molecule has 2 amide bonds. The van der Waals surface area contributed by atoms with Crippen LogP contribution in [0.15, 0.2) is 35.7 Å². The van der Waals surface area contributed by atoms with Crippen LogP contribution in [0, 0.1) is 12.8 Å². The van der Waals surface area contributed by atoms with Crippen molar-refractivity contribution in [3.05, 3.63) is 51.7 Å². The molecule has 5 nitrogen and oxygen atoms in total. The molecular formula is C25H32N2O3S. The second-order valence-corrected chi connectivity index (χ2v) is 9.77. The van der Waals surface area contributed by atoms with Crippen molar-refractivity contribution >= 4 is 23.2 Å². The van der Waals surface area contributed by atoms with E-state index in [2.05, 4.69) is 25.3 Å². The van der Waals surface area contributed by atoms with Gasteiger partial charge in [-0.25, -0.2) is 0 Å². The van der Waals surface area contributed by atoms with Crippen LogP contribution in [0.3, 0.4) is 0 Å². The maximum absolute atomic E-state index is 13.5. The zero-order valence-corrected chi connectivity index (χ0v) is 19.5. The highest BCUT2D eigenvalue weighted by Gasteiger charge is 2.38. The maximum Gasteiger partial charge on any atom is 0.242 e. The number of amides is 2. The first kappa shape index (κ1) is 21.9. The average Bonchev–Trinajstić information content (AvgIpc) is 3.52. The molecule has 1 aliphatic heterocycles. The first-order chi connectivity index (χ1) is 15.0. The molecule has 0 radical (unpaired) electrons. The molecule has 0 saturated heterocycles. The summed E-state index contributed by atoms with van der Waals surface area (Å²) >= 11 is 1.75. The van der Waals surface area contributed by atoms with Crippen molar-refractivity contribution in [2.75, 3.05) is 19.7 Å². The zero-order valence-electron chi connectivity index (χ0n) is 18.7. The van der Waals surface area contributed by atoms with E-state index in [1.165, 1.54) is 16.0 Å². The second kappa shape index (κ2) is 9.43. The lowest BCUT2D eigenvalue weighted by atomic mass is 10.00. The second-order valence-electron chi connectivity index (χ2n) is 8.77. The first-order valence-corrected chi connectivity index (χ1v) is 12.2. The van der Waals surface area contributed by atoms with Crippen LogP contribution >= 0.6 is 11.3 Å². The number of rotatable bonds is 8. The van der Waals surface area contributed by atoms with Crippen molar-refractivity contribution in [2.45, 2.75) is 58.5 Å². The minimum absolute atomic E-state index is 0.0173. The first-order valence-electron chi connectivity index (χ1n) is 11.3. The summed E-state index contributed by atoms with van der Waals surface area (Å²) < 4.78 is 6.11. The Hall–Kier alpha value is -2.34. The normalized spacial score (nSPS) is 18.9. The van der Waals surface area contributed by atoms with Gasteiger partial charge >= 0.3 is 0 Å². The molecule has 6 heteroatoms. The minimum atomic E-state index is -0.126. The van der Waals surface area contributed by atoms with Gasteiger partial charge in [-0.1, -0.05) is 24.6 Å². The molecule has 2 aromatic rings. The van der Waals surface area contributed by atoms with Gasteiger partial charge in [0.15, 0.2) is 0 Å². The van der Waals surface area contributed by atoms with Gasteiger partial charge in [-0.05, 0) is 68.7 Å². The molecule has 1 fully saturated rings. The molecule has 2 aliphatic rings. The number of hydrogen-bond acceptors (Lipinski definition) is 4. The van der Waals surface area contributed by atoms with Crippen LogP contribution < -0.4 is 4.74 Å². The molecule has 2 unspecified atom stereocenters. The molecule has 1 saturated carbocycles. The van der Waals surface area contributed by atoms with Gasteiger partial charge in [0.05, 0.1) is 6.04 Å². The predicted octanol–water partition coefficient (Wildman–Crippen LogP) is 4.60. The van der Waals surface area contributed by atoms with Gasteiger partial charge in [-0.2, -0.15) is 0 Å². The van der Waals surface area contributed by atoms with Crippen molar-refractivity contribution < 1.29 is 14.3 Å². The zero-order chi connectivity index (χ0) is 22.0.